The minimum absolute atomic E-state index is 0.00764. The Kier molecular flexibility index (Phi) is 1.22. The molecule has 1 rings (SSSR count). The third kappa shape index (κ3) is 1.32. The molecule has 0 heterocycles. The Hall–Kier alpha value is -1.51. The summed E-state index contributed by atoms with van der Waals surface area (Å²) in [6, 6.07) is 4.05. The second-order valence-electron chi connectivity index (χ2n) is 1.91. The van der Waals surface area contributed by atoms with Crippen LogP contribution >= 0.6 is 0 Å². The van der Waals surface area contributed by atoms with Crippen molar-refractivity contribution in [1.29, 1.82) is 0 Å². The van der Waals surface area contributed by atoms with Crippen LogP contribution in [-0.4, -0.2) is 18.4 Å². The van der Waals surface area contributed by atoms with Crippen LogP contribution in [-0.2, 0) is 0 Å². The van der Waals surface area contributed by atoms with E-state index in [-0.39, 0.29) is 11.3 Å². The van der Waals surface area contributed by atoms with Crippen LogP contribution in [0, 0.1) is 0 Å². The van der Waals surface area contributed by atoms with Gasteiger partial charge >= 0.3 is 0 Å². The first-order valence-electron chi connectivity index (χ1n) is 4.40. The first-order valence-corrected chi connectivity index (χ1v) is 2.90. The zero-order valence-electron chi connectivity index (χ0n) is 8.57. The van der Waals surface area contributed by atoms with E-state index in [0.29, 0.717) is 6.29 Å². The molecule has 0 fully saturated rings. The Balaban J connectivity index is 3.04. The number of phenolic OH excluding ortho intramolecular Hbond substituents is 1. The number of rotatable bonds is 2. The van der Waals surface area contributed by atoms with E-state index in [0.717, 1.165) is 0 Å². The minimum Gasteiger partial charge on any atom is -0.504 e. The van der Waals surface area contributed by atoms with Crippen molar-refractivity contribution >= 4 is 6.29 Å². The Labute approximate surface area is 68.4 Å². The molecule has 3 nitrogen and oxygen atoms in total. The predicted octanol–water partition coefficient (Wildman–Crippen LogP) is 1.21. The minimum atomic E-state index is -2.64. The van der Waals surface area contributed by atoms with Gasteiger partial charge in [-0.15, -0.1) is 0 Å². The normalized spacial score (nSPS) is 14.4. The Morgan fingerprint density at radius 1 is 1.73 bits per heavy atom. The van der Waals surface area contributed by atoms with Crippen LogP contribution in [0.5, 0.6) is 11.5 Å². The van der Waals surface area contributed by atoms with Gasteiger partial charge in [0.15, 0.2) is 17.8 Å². The van der Waals surface area contributed by atoms with Crippen molar-refractivity contribution in [2.24, 2.45) is 0 Å². The van der Waals surface area contributed by atoms with Crippen molar-refractivity contribution in [3.05, 3.63) is 23.8 Å². The highest BCUT2D eigenvalue weighted by molar-refractivity contribution is 5.80. The largest absolute Gasteiger partial charge is 0.504 e. The summed E-state index contributed by atoms with van der Waals surface area (Å²) in [7, 11) is -2.64. The lowest BCUT2D eigenvalue weighted by molar-refractivity contribution is 0.112. The molecule has 0 saturated heterocycles. The zero-order valence-corrected chi connectivity index (χ0v) is 5.57. The van der Waals surface area contributed by atoms with Crippen molar-refractivity contribution in [2.45, 2.75) is 0 Å². The van der Waals surface area contributed by atoms with E-state index in [1.54, 1.807) is 0 Å². The third-order valence-corrected chi connectivity index (χ3v) is 1.27. The van der Waals surface area contributed by atoms with E-state index in [2.05, 4.69) is 4.74 Å². The molecule has 0 spiro atoms. The molecule has 0 radical (unpaired) electrons. The number of phenols is 1. The summed E-state index contributed by atoms with van der Waals surface area (Å²) >= 11 is 0. The lowest BCUT2D eigenvalue weighted by Gasteiger charge is -2.02. The van der Waals surface area contributed by atoms with Crippen LogP contribution in [0.1, 0.15) is 14.5 Å². The lowest BCUT2D eigenvalue weighted by Crippen LogP contribution is -1.86. The molecule has 1 N–H and O–H groups in total. The molecule has 0 aliphatic heterocycles. The number of hydrogen-bond donors (Lipinski definition) is 1. The van der Waals surface area contributed by atoms with Gasteiger partial charge in [0, 0.05) is 0 Å². The van der Waals surface area contributed by atoms with E-state index in [9.17, 15) is 9.90 Å². The van der Waals surface area contributed by atoms with E-state index in [1.165, 1.54) is 18.2 Å². The molecule has 0 aliphatic rings. The molecule has 0 atom stereocenters. The van der Waals surface area contributed by atoms with E-state index >= 15 is 0 Å². The van der Waals surface area contributed by atoms with Crippen molar-refractivity contribution in [3.8, 4) is 11.5 Å². The number of aldehydes is 1. The fourth-order valence-electron chi connectivity index (χ4n) is 0.717. The monoisotopic (exact) mass is 155 g/mol. The van der Waals surface area contributed by atoms with Crippen LogP contribution in [0.15, 0.2) is 18.2 Å². The highest BCUT2D eigenvalue weighted by Crippen LogP contribution is 2.27. The summed E-state index contributed by atoms with van der Waals surface area (Å²) in [4.78, 5) is 10.4. The summed E-state index contributed by atoms with van der Waals surface area (Å²) in [5.41, 5.74) is -0.00764. The van der Waals surface area contributed by atoms with Crippen molar-refractivity contribution in [2.75, 3.05) is 7.04 Å². The van der Waals surface area contributed by atoms with Crippen LogP contribution < -0.4 is 4.74 Å². The summed E-state index contributed by atoms with van der Waals surface area (Å²) in [6.45, 7) is 0. The maximum absolute atomic E-state index is 10.4. The first-order chi connectivity index (χ1) is 6.44. The third-order valence-electron chi connectivity index (χ3n) is 1.27. The number of carbonyl (C=O) groups is 1. The molecule has 1 aromatic carbocycles. The number of para-hydroxylation sites is 1. The van der Waals surface area contributed by atoms with Crippen LogP contribution in [0.25, 0.3) is 0 Å². The van der Waals surface area contributed by atoms with Gasteiger partial charge in [-0.2, -0.15) is 0 Å². The van der Waals surface area contributed by atoms with E-state index < -0.39 is 12.8 Å². The smallest absolute Gasteiger partial charge is 0.168 e. The second-order valence-corrected chi connectivity index (χ2v) is 1.91. The summed E-state index contributed by atoms with van der Waals surface area (Å²) in [6.07, 6.45) is 0.418. The lowest BCUT2D eigenvalue weighted by atomic mass is 10.2. The molecule has 11 heavy (non-hydrogen) atoms. The molecule has 1 aromatic rings. The molecule has 0 aliphatic carbocycles. The highest BCUT2D eigenvalue weighted by atomic mass is 16.5. The van der Waals surface area contributed by atoms with Crippen LogP contribution in [0.2, 0.25) is 0 Å². The quantitative estimate of drug-likeness (QED) is 0.653. The Bertz CT molecular complexity index is 346. The molecule has 0 saturated carbocycles. The molecule has 0 amide bonds. The van der Waals surface area contributed by atoms with Crippen molar-refractivity contribution in [3.63, 3.8) is 0 Å². The van der Waals surface area contributed by atoms with Gasteiger partial charge in [0.2, 0.25) is 0 Å². The van der Waals surface area contributed by atoms with Crippen LogP contribution in [0.4, 0.5) is 0 Å². The fraction of sp³-hybridized carbons (Fsp3) is 0.125. The van der Waals surface area contributed by atoms with Gasteiger partial charge in [-0.25, -0.2) is 0 Å². The van der Waals surface area contributed by atoms with Crippen molar-refractivity contribution in [1.82, 2.24) is 0 Å². The Morgan fingerprint density at radius 3 is 3.18 bits per heavy atom. The topological polar surface area (TPSA) is 46.5 Å². The molecule has 0 aromatic heterocycles. The molecular formula is C8H8O3. The number of carbonyl (C=O) groups excluding carboxylic acids is 1. The number of methoxy groups -OCH3 is 1. The maximum Gasteiger partial charge on any atom is 0.168 e. The average molecular weight is 155 g/mol. The predicted molar refractivity (Wildman–Crippen MR) is 40.0 cm³/mol. The SMILES string of the molecule is [2H]C([2H])([2H])Oc1cccc(C=O)c1O. The number of ether oxygens (including phenoxy) is 1. The molecular weight excluding hydrogens is 144 g/mol. The number of aromatic hydroxyl groups is 1. The zero-order chi connectivity index (χ0) is 10.8. The Morgan fingerprint density at radius 2 is 2.55 bits per heavy atom. The van der Waals surface area contributed by atoms with Gasteiger partial charge in [0.1, 0.15) is 0 Å². The summed E-state index contributed by atoms with van der Waals surface area (Å²) in [5.74, 6) is -0.687. The van der Waals surface area contributed by atoms with Gasteiger partial charge in [-0.1, -0.05) is 6.07 Å². The number of hydrogen-bond acceptors (Lipinski definition) is 3. The molecule has 0 unspecified atom stereocenters. The van der Waals surface area contributed by atoms with E-state index in [1.807, 2.05) is 0 Å². The second kappa shape index (κ2) is 3.05. The summed E-state index contributed by atoms with van der Waals surface area (Å²) < 4.78 is 24.9. The standard InChI is InChI=1S/C8H8O3/c1-11-7-4-2-3-6(5-9)8(7)10/h2-5,10H,1H3/i1D3. The van der Waals surface area contributed by atoms with Gasteiger partial charge in [-0.05, 0) is 12.1 Å². The summed E-state index contributed by atoms with van der Waals surface area (Å²) in [5, 5.41) is 9.35. The average Bonchev–Trinajstić information content (AvgIpc) is 2.06. The van der Waals surface area contributed by atoms with Gasteiger partial charge in [0.05, 0.1) is 16.7 Å². The molecule has 58 valence electrons. The fourth-order valence-corrected chi connectivity index (χ4v) is 0.717. The van der Waals surface area contributed by atoms with Crippen molar-refractivity contribution < 1.29 is 18.8 Å². The number of benzene rings is 1. The first kappa shape index (κ1) is 4.38. The van der Waals surface area contributed by atoms with E-state index in [4.69, 9.17) is 4.11 Å². The highest BCUT2D eigenvalue weighted by Gasteiger charge is 2.04. The van der Waals surface area contributed by atoms with Gasteiger partial charge < -0.3 is 9.84 Å². The molecule has 3 heteroatoms. The molecule has 0 bridgehead atoms. The van der Waals surface area contributed by atoms with Gasteiger partial charge in [-0.3, -0.25) is 4.79 Å². The van der Waals surface area contributed by atoms with Gasteiger partial charge in [0.25, 0.3) is 0 Å². The maximum atomic E-state index is 10.4. The van der Waals surface area contributed by atoms with Crippen LogP contribution in [0.3, 0.4) is 0 Å².